The minimum Gasteiger partial charge on any atom is -0.384 e. The molecule has 0 aliphatic heterocycles. The molecule has 0 heterocycles. The zero-order chi connectivity index (χ0) is 15.2. The van der Waals surface area contributed by atoms with Gasteiger partial charge in [-0.15, -0.1) is 0 Å². The van der Waals surface area contributed by atoms with E-state index in [1.54, 1.807) is 0 Å². The summed E-state index contributed by atoms with van der Waals surface area (Å²) in [7, 11) is 0. The first-order chi connectivity index (χ1) is 10.1. The molecule has 0 radical (unpaired) electrons. The molecule has 1 saturated carbocycles. The van der Waals surface area contributed by atoms with E-state index in [2.05, 4.69) is 17.2 Å². The smallest absolute Gasteiger partial charge is 0.252 e. The largest absolute Gasteiger partial charge is 0.384 e. The molecule has 0 aromatic heterocycles. The van der Waals surface area contributed by atoms with Gasteiger partial charge in [0, 0.05) is 11.6 Å². The molecule has 1 aliphatic rings. The van der Waals surface area contributed by atoms with E-state index in [9.17, 15) is 9.18 Å². The highest BCUT2D eigenvalue weighted by Gasteiger charge is 2.26. The van der Waals surface area contributed by atoms with Crippen LogP contribution in [0, 0.1) is 23.6 Å². The fourth-order valence-electron chi connectivity index (χ4n) is 2.30. The molecule has 0 saturated heterocycles. The van der Waals surface area contributed by atoms with E-state index in [-0.39, 0.29) is 18.6 Å². The molecule has 4 heteroatoms. The standard InChI is InChI=1S/C17H20FNO2/c1-2-15(10-12-5-6-12)19-17(21)16-8-7-14(18)11-13(16)4-3-9-20/h7-8,11-12,15,20H,2,5-6,9-10H2,1H3,(H,19,21). The van der Waals surface area contributed by atoms with E-state index >= 15 is 0 Å². The molecule has 1 atom stereocenters. The first kappa shape index (κ1) is 15.5. The fourth-order valence-corrected chi connectivity index (χ4v) is 2.30. The second-order valence-electron chi connectivity index (χ2n) is 5.41. The van der Waals surface area contributed by atoms with Crippen LogP contribution in [0.3, 0.4) is 0 Å². The fraction of sp³-hybridized carbons (Fsp3) is 0.471. The molecular weight excluding hydrogens is 269 g/mol. The van der Waals surface area contributed by atoms with Gasteiger partial charge in [-0.2, -0.15) is 0 Å². The quantitative estimate of drug-likeness (QED) is 0.818. The lowest BCUT2D eigenvalue weighted by molar-refractivity contribution is 0.0932. The van der Waals surface area contributed by atoms with Crippen molar-refractivity contribution in [2.24, 2.45) is 5.92 Å². The third-order valence-electron chi connectivity index (χ3n) is 3.67. The van der Waals surface area contributed by atoms with Gasteiger partial charge in [-0.25, -0.2) is 4.39 Å². The van der Waals surface area contributed by atoms with Crippen LogP contribution in [0.4, 0.5) is 4.39 Å². The SMILES string of the molecule is CCC(CC1CC1)NC(=O)c1ccc(F)cc1C#CCO. The molecule has 112 valence electrons. The maximum Gasteiger partial charge on any atom is 0.252 e. The summed E-state index contributed by atoms with van der Waals surface area (Å²) in [5, 5.41) is 11.7. The average Bonchev–Trinajstić information content (AvgIpc) is 3.28. The predicted octanol–water partition coefficient (Wildman–Crippen LogP) is 2.48. The molecule has 0 spiro atoms. The summed E-state index contributed by atoms with van der Waals surface area (Å²) in [6.07, 6.45) is 4.37. The van der Waals surface area contributed by atoms with Crippen molar-refractivity contribution >= 4 is 5.91 Å². The van der Waals surface area contributed by atoms with Gasteiger partial charge >= 0.3 is 0 Å². The number of hydrogen-bond acceptors (Lipinski definition) is 2. The van der Waals surface area contributed by atoms with E-state index in [0.29, 0.717) is 11.1 Å². The van der Waals surface area contributed by atoms with Crippen LogP contribution in [0.5, 0.6) is 0 Å². The van der Waals surface area contributed by atoms with Crippen molar-refractivity contribution in [3.05, 3.63) is 35.1 Å². The van der Waals surface area contributed by atoms with Gasteiger partial charge in [-0.05, 0) is 37.0 Å². The summed E-state index contributed by atoms with van der Waals surface area (Å²) in [6, 6.07) is 4.06. The number of amides is 1. The minimum atomic E-state index is -0.446. The highest BCUT2D eigenvalue weighted by atomic mass is 19.1. The topological polar surface area (TPSA) is 49.3 Å². The first-order valence-corrected chi connectivity index (χ1v) is 7.34. The lowest BCUT2D eigenvalue weighted by atomic mass is 10.0. The number of aliphatic hydroxyl groups excluding tert-OH is 1. The van der Waals surface area contributed by atoms with Gasteiger partial charge in [-0.3, -0.25) is 4.79 Å². The van der Waals surface area contributed by atoms with Gasteiger partial charge in [0.05, 0.1) is 5.56 Å². The molecule has 2 rings (SSSR count). The van der Waals surface area contributed by atoms with Crippen LogP contribution in [0.1, 0.15) is 48.5 Å². The molecule has 1 aromatic carbocycles. The van der Waals surface area contributed by atoms with Gasteiger partial charge in [0.25, 0.3) is 5.91 Å². The second-order valence-corrected chi connectivity index (χ2v) is 5.41. The number of hydrogen-bond donors (Lipinski definition) is 2. The number of aliphatic hydroxyl groups is 1. The van der Waals surface area contributed by atoms with Crippen molar-refractivity contribution in [2.75, 3.05) is 6.61 Å². The Labute approximate surface area is 124 Å². The van der Waals surface area contributed by atoms with E-state index in [0.717, 1.165) is 18.8 Å². The third kappa shape index (κ3) is 4.57. The monoisotopic (exact) mass is 289 g/mol. The summed E-state index contributed by atoms with van der Waals surface area (Å²) >= 11 is 0. The molecule has 3 nitrogen and oxygen atoms in total. The summed E-state index contributed by atoms with van der Waals surface area (Å²) in [6.45, 7) is 1.72. The molecule has 1 aliphatic carbocycles. The van der Waals surface area contributed by atoms with Crippen molar-refractivity contribution < 1.29 is 14.3 Å². The van der Waals surface area contributed by atoms with Gasteiger partial charge in [0.15, 0.2) is 0 Å². The van der Waals surface area contributed by atoms with Crippen LogP contribution in [0.25, 0.3) is 0 Å². The zero-order valence-electron chi connectivity index (χ0n) is 12.2. The van der Waals surface area contributed by atoms with Crippen LogP contribution in [0.15, 0.2) is 18.2 Å². The Morgan fingerprint density at radius 1 is 1.52 bits per heavy atom. The van der Waals surface area contributed by atoms with E-state index in [1.807, 2.05) is 6.92 Å². The Morgan fingerprint density at radius 3 is 2.90 bits per heavy atom. The summed E-state index contributed by atoms with van der Waals surface area (Å²) in [5.41, 5.74) is 0.662. The van der Waals surface area contributed by atoms with Gasteiger partial charge < -0.3 is 10.4 Å². The van der Waals surface area contributed by atoms with Crippen molar-refractivity contribution in [1.82, 2.24) is 5.32 Å². The summed E-state index contributed by atoms with van der Waals surface area (Å²) in [5.74, 6) is 5.14. The van der Waals surface area contributed by atoms with E-state index in [1.165, 1.54) is 31.0 Å². The van der Waals surface area contributed by atoms with Crippen LogP contribution >= 0.6 is 0 Å². The normalized spacial score (nSPS) is 15.0. The zero-order valence-corrected chi connectivity index (χ0v) is 12.2. The van der Waals surface area contributed by atoms with Crippen molar-refractivity contribution in [3.8, 4) is 11.8 Å². The van der Waals surface area contributed by atoms with Crippen molar-refractivity contribution in [1.29, 1.82) is 0 Å². The van der Waals surface area contributed by atoms with Crippen molar-refractivity contribution in [3.63, 3.8) is 0 Å². The van der Waals surface area contributed by atoms with Gasteiger partial charge in [0.1, 0.15) is 12.4 Å². The summed E-state index contributed by atoms with van der Waals surface area (Å²) < 4.78 is 13.3. The molecule has 0 bridgehead atoms. The summed E-state index contributed by atoms with van der Waals surface area (Å²) in [4.78, 5) is 12.3. The van der Waals surface area contributed by atoms with Crippen molar-refractivity contribution in [2.45, 2.75) is 38.6 Å². The van der Waals surface area contributed by atoms with Crippen LogP contribution in [-0.2, 0) is 0 Å². The number of nitrogens with one attached hydrogen (secondary N) is 1. The molecule has 1 aromatic rings. The number of carbonyl (C=O) groups is 1. The van der Waals surface area contributed by atoms with Crippen LogP contribution in [-0.4, -0.2) is 23.7 Å². The van der Waals surface area contributed by atoms with E-state index in [4.69, 9.17) is 5.11 Å². The average molecular weight is 289 g/mol. The Kier molecular flexibility index (Phi) is 5.35. The number of halogens is 1. The van der Waals surface area contributed by atoms with Gasteiger partial charge in [0.2, 0.25) is 0 Å². The highest BCUT2D eigenvalue weighted by Crippen LogP contribution is 2.34. The third-order valence-corrected chi connectivity index (χ3v) is 3.67. The number of carbonyl (C=O) groups excluding carboxylic acids is 1. The molecule has 1 amide bonds. The van der Waals surface area contributed by atoms with E-state index < -0.39 is 5.82 Å². The molecule has 1 unspecified atom stereocenters. The number of benzene rings is 1. The Morgan fingerprint density at radius 2 is 2.29 bits per heavy atom. The Hall–Kier alpha value is -1.86. The lowest BCUT2D eigenvalue weighted by Crippen LogP contribution is -2.35. The van der Waals surface area contributed by atoms with Crippen LogP contribution < -0.4 is 5.32 Å². The minimum absolute atomic E-state index is 0.147. The van der Waals surface area contributed by atoms with Gasteiger partial charge in [-0.1, -0.05) is 31.6 Å². The molecule has 2 N–H and O–H groups in total. The maximum atomic E-state index is 13.3. The second kappa shape index (κ2) is 7.24. The number of rotatable bonds is 5. The Balaban J connectivity index is 2.13. The van der Waals surface area contributed by atoms with Crippen LogP contribution in [0.2, 0.25) is 0 Å². The molecular formula is C17H20FNO2. The highest BCUT2D eigenvalue weighted by molar-refractivity contribution is 5.96. The lowest BCUT2D eigenvalue weighted by Gasteiger charge is -2.17. The first-order valence-electron chi connectivity index (χ1n) is 7.34. The molecule has 1 fully saturated rings. The Bertz CT molecular complexity index is 570. The maximum absolute atomic E-state index is 13.3. The molecule has 21 heavy (non-hydrogen) atoms. The predicted molar refractivity (Wildman–Crippen MR) is 79.3 cm³/mol.